The van der Waals surface area contributed by atoms with Gasteiger partial charge in [-0.25, -0.2) is 8.78 Å². The largest absolute Gasteiger partial charge is 0.508 e. The first kappa shape index (κ1) is 34.0. The molecule has 2 aliphatic rings. The molecular formula is C36H35F2NO8S. The lowest BCUT2D eigenvalue weighted by atomic mass is 9.90. The predicted molar refractivity (Wildman–Crippen MR) is 175 cm³/mol. The van der Waals surface area contributed by atoms with Crippen molar-refractivity contribution in [3.8, 4) is 16.9 Å². The van der Waals surface area contributed by atoms with Gasteiger partial charge in [0.2, 0.25) is 0 Å². The molecule has 4 aromatic carbocycles. The smallest absolute Gasteiger partial charge is 0.287 e. The number of ether oxygens (including phenoxy) is 1. The molecule has 1 unspecified atom stereocenters. The molecule has 1 amide bonds. The van der Waals surface area contributed by atoms with Gasteiger partial charge in [-0.2, -0.15) is 0 Å². The Morgan fingerprint density at radius 1 is 0.812 bits per heavy atom. The molecule has 48 heavy (non-hydrogen) atoms. The summed E-state index contributed by atoms with van der Waals surface area (Å²) in [7, 11) is 0. The van der Waals surface area contributed by atoms with Crippen molar-refractivity contribution in [1.29, 1.82) is 0 Å². The molecule has 0 aromatic heterocycles. The number of aliphatic hydroxyl groups is 5. The number of benzene rings is 4. The Hall–Kier alpha value is -3.88. The molecule has 0 saturated carbocycles. The minimum absolute atomic E-state index is 0.0815. The Labute approximate surface area is 279 Å². The second kappa shape index (κ2) is 14.3. The molecular weight excluding hydrogens is 644 g/mol. The van der Waals surface area contributed by atoms with Gasteiger partial charge in [-0.15, -0.1) is 0 Å². The van der Waals surface area contributed by atoms with E-state index in [-0.39, 0.29) is 17.4 Å². The van der Waals surface area contributed by atoms with E-state index in [0.29, 0.717) is 39.9 Å². The van der Waals surface area contributed by atoms with E-state index >= 15 is 0 Å². The van der Waals surface area contributed by atoms with E-state index in [1.807, 2.05) is 0 Å². The molecule has 252 valence electrons. The van der Waals surface area contributed by atoms with Crippen LogP contribution in [-0.2, 0) is 4.74 Å². The molecule has 0 aliphatic carbocycles. The molecule has 4 aromatic rings. The summed E-state index contributed by atoms with van der Waals surface area (Å²) in [6.45, 7) is -0.537. The van der Waals surface area contributed by atoms with Crippen LogP contribution in [-0.4, -0.2) is 72.2 Å². The first-order valence-electron chi connectivity index (χ1n) is 15.5. The zero-order valence-corrected chi connectivity index (χ0v) is 26.3. The van der Waals surface area contributed by atoms with Gasteiger partial charge in [0.25, 0.3) is 5.24 Å². The van der Waals surface area contributed by atoms with Crippen molar-refractivity contribution in [3.05, 3.63) is 119 Å². The van der Waals surface area contributed by atoms with Crippen LogP contribution in [0.15, 0.2) is 91.0 Å². The van der Waals surface area contributed by atoms with Gasteiger partial charge >= 0.3 is 0 Å². The number of hydrogen-bond donors (Lipinski definition) is 6. The number of carbonyl (C=O) groups excluding carboxylic acids is 1. The fraction of sp³-hybridized carbons (Fsp3) is 0.306. The number of aliphatic hydroxyl groups excluding tert-OH is 5. The van der Waals surface area contributed by atoms with Crippen LogP contribution < -0.4 is 4.90 Å². The van der Waals surface area contributed by atoms with Crippen LogP contribution in [0, 0.1) is 11.6 Å². The van der Waals surface area contributed by atoms with Crippen molar-refractivity contribution in [2.45, 2.75) is 60.8 Å². The van der Waals surface area contributed by atoms with E-state index in [1.165, 1.54) is 53.4 Å². The quantitative estimate of drug-likeness (QED) is 0.141. The second-order valence-corrected chi connectivity index (χ2v) is 13.2. The third-order valence-corrected chi connectivity index (χ3v) is 10.2. The van der Waals surface area contributed by atoms with E-state index in [1.54, 1.807) is 42.5 Å². The number of rotatable bonds is 9. The van der Waals surface area contributed by atoms with Gasteiger partial charge < -0.3 is 35.4 Å². The molecule has 2 aliphatic heterocycles. The summed E-state index contributed by atoms with van der Waals surface area (Å²) in [5, 5.41) is 61.8. The average molecular weight is 680 g/mol. The van der Waals surface area contributed by atoms with Gasteiger partial charge in [0.15, 0.2) is 0 Å². The van der Waals surface area contributed by atoms with Gasteiger partial charge in [-0.3, -0.25) is 9.69 Å². The highest BCUT2D eigenvalue weighted by Crippen LogP contribution is 2.49. The fourth-order valence-electron chi connectivity index (χ4n) is 6.34. The second-order valence-electron chi connectivity index (χ2n) is 12.0. The molecule has 0 spiro atoms. The van der Waals surface area contributed by atoms with Crippen LogP contribution in [0.2, 0.25) is 0 Å². The topological polar surface area (TPSA) is 151 Å². The Morgan fingerprint density at radius 3 is 2.06 bits per heavy atom. The van der Waals surface area contributed by atoms with Gasteiger partial charge in [0.1, 0.15) is 47.9 Å². The van der Waals surface area contributed by atoms with Gasteiger partial charge in [-0.05, 0) is 77.6 Å². The van der Waals surface area contributed by atoms with Gasteiger partial charge in [0.05, 0.1) is 18.8 Å². The lowest BCUT2D eigenvalue weighted by molar-refractivity contribution is -0.231. The van der Waals surface area contributed by atoms with Crippen molar-refractivity contribution in [2.75, 3.05) is 11.5 Å². The number of nitrogens with zero attached hydrogens (tertiary/aromatic N) is 1. The van der Waals surface area contributed by atoms with E-state index < -0.39 is 66.2 Å². The first-order chi connectivity index (χ1) is 23.0. The first-order valence-corrected chi connectivity index (χ1v) is 16.4. The van der Waals surface area contributed by atoms with Crippen molar-refractivity contribution in [1.82, 2.24) is 0 Å². The zero-order chi connectivity index (χ0) is 34.1. The number of phenols is 1. The molecule has 6 rings (SSSR count). The molecule has 2 heterocycles. The van der Waals surface area contributed by atoms with Crippen molar-refractivity contribution in [2.24, 2.45) is 0 Å². The number of phenolic OH excluding ortho intramolecular Hbond substituents is 1. The van der Waals surface area contributed by atoms with Crippen molar-refractivity contribution < 1.29 is 49.0 Å². The number of amides is 1. The van der Waals surface area contributed by atoms with Gasteiger partial charge in [-0.1, -0.05) is 60.3 Å². The molecule has 0 bridgehead atoms. The van der Waals surface area contributed by atoms with Crippen molar-refractivity contribution >= 4 is 22.7 Å². The Bertz CT molecular complexity index is 1720. The van der Waals surface area contributed by atoms with E-state index in [0.717, 1.165) is 11.8 Å². The van der Waals surface area contributed by atoms with Gasteiger partial charge in [0, 0.05) is 16.5 Å². The maximum absolute atomic E-state index is 13.8. The van der Waals surface area contributed by atoms with Crippen LogP contribution in [0.3, 0.4) is 0 Å². The van der Waals surface area contributed by atoms with E-state index in [2.05, 4.69) is 0 Å². The van der Waals surface area contributed by atoms with Crippen LogP contribution in [0.5, 0.6) is 5.75 Å². The Morgan fingerprint density at radius 2 is 1.44 bits per heavy atom. The van der Waals surface area contributed by atoms with Crippen LogP contribution >= 0.6 is 11.8 Å². The van der Waals surface area contributed by atoms with E-state index in [9.17, 15) is 44.2 Å². The maximum Gasteiger partial charge on any atom is 0.287 e. The number of halogens is 2. The van der Waals surface area contributed by atoms with E-state index in [4.69, 9.17) is 4.74 Å². The third-order valence-electron chi connectivity index (χ3n) is 8.98. The highest BCUT2D eigenvalue weighted by atomic mass is 32.2. The lowest BCUT2D eigenvalue weighted by Crippen LogP contribution is -2.55. The molecule has 2 fully saturated rings. The summed E-state index contributed by atoms with van der Waals surface area (Å²) in [6, 6.07) is 22.3. The average Bonchev–Trinajstić information content (AvgIpc) is 3.42. The molecule has 6 N–H and O–H groups in total. The Kier molecular flexibility index (Phi) is 10.1. The van der Waals surface area contributed by atoms with Crippen LogP contribution in [0.4, 0.5) is 19.3 Å². The molecule has 9 nitrogen and oxygen atoms in total. The molecule has 2 saturated heterocycles. The summed E-state index contributed by atoms with van der Waals surface area (Å²) < 4.78 is 32.9. The summed E-state index contributed by atoms with van der Waals surface area (Å²) in [5.74, 6) is -0.957. The summed E-state index contributed by atoms with van der Waals surface area (Å²) in [4.78, 5) is 14.9. The summed E-state index contributed by atoms with van der Waals surface area (Å²) in [5.41, 5.74) is 3.32. The number of thioether (sulfide) groups is 1. The third kappa shape index (κ3) is 6.83. The standard InChI is InChI=1S/C36H35F2NO8S/c37-23-8-5-20(6-9-23)27(41)15-16-30-31(39(36(46)48-30)25-12-10-24(38)11-13-25)26-14-7-22(17-28(26)42)19-1-3-21(4-2-19)35-34(45)33(44)32(43)29(18-40)47-35/h1-14,17,27,29-35,40-45H,15-16,18H2/t27-,29+,30+,31+,32+,33-,34+,35?/m0/s1. The lowest BCUT2D eigenvalue weighted by Gasteiger charge is -2.40. The number of aromatic hydroxyl groups is 1. The highest BCUT2D eigenvalue weighted by molar-refractivity contribution is 8.14. The predicted octanol–water partition coefficient (Wildman–Crippen LogP) is 5.15. The van der Waals surface area contributed by atoms with Crippen LogP contribution in [0.25, 0.3) is 11.1 Å². The SMILES string of the molecule is O=C1S[C@H](CC[C@H](O)c2ccc(F)cc2)[C@@H](c2ccc(-c3ccc(C4O[C@H](CO)[C@@H](O)[C@H](O)[C@H]4O)cc3)cc2O)N1c1ccc(F)cc1. The molecule has 12 heteroatoms. The number of anilines is 1. The Balaban J connectivity index is 1.26. The normalized spacial score (nSPS) is 26.5. The monoisotopic (exact) mass is 679 g/mol. The van der Waals surface area contributed by atoms with Crippen molar-refractivity contribution in [3.63, 3.8) is 0 Å². The minimum Gasteiger partial charge on any atom is -0.508 e. The zero-order valence-electron chi connectivity index (χ0n) is 25.5. The molecule has 8 atom stereocenters. The van der Waals surface area contributed by atoms with Crippen LogP contribution in [0.1, 0.15) is 47.8 Å². The number of hydrogen-bond acceptors (Lipinski definition) is 9. The number of carbonyl (C=O) groups is 1. The summed E-state index contributed by atoms with van der Waals surface area (Å²) in [6.07, 6.45) is -6.67. The highest BCUT2D eigenvalue weighted by Gasteiger charge is 2.45. The fourth-order valence-corrected chi connectivity index (χ4v) is 7.59. The summed E-state index contributed by atoms with van der Waals surface area (Å²) >= 11 is 1.07. The molecule has 0 radical (unpaired) electrons. The minimum atomic E-state index is -1.50. The maximum atomic E-state index is 13.8.